The van der Waals surface area contributed by atoms with E-state index in [4.69, 9.17) is 4.74 Å². The van der Waals surface area contributed by atoms with E-state index in [9.17, 15) is 4.79 Å². The van der Waals surface area contributed by atoms with Gasteiger partial charge in [-0.05, 0) is 37.6 Å². The number of aromatic nitrogens is 1. The monoisotopic (exact) mass is 346 g/mol. The Hall–Kier alpha value is -1.88. The standard InChI is InChI=1S/C19H26N2O2S/c1-6-23-15-8-7-14(11-13(15)2)18(22)20-10-9-17-21-16(12-24-17)19(3,4)5/h7-8,11-12H,6,9-10H2,1-5H3,(H,20,22). The van der Waals surface area contributed by atoms with Gasteiger partial charge >= 0.3 is 0 Å². The maximum Gasteiger partial charge on any atom is 0.251 e. The summed E-state index contributed by atoms with van der Waals surface area (Å²) in [6, 6.07) is 5.51. The number of benzene rings is 1. The first-order valence-electron chi connectivity index (χ1n) is 8.27. The first kappa shape index (κ1) is 18.5. The Bertz CT molecular complexity index is 702. The van der Waals surface area contributed by atoms with E-state index in [1.54, 1.807) is 17.4 Å². The summed E-state index contributed by atoms with van der Waals surface area (Å²) in [5.41, 5.74) is 2.80. The molecule has 4 nitrogen and oxygen atoms in total. The lowest BCUT2D eigenvalue weighted by Gasteiger charge is -2.14. The van der Waals surface area contributed by atoms with Crippen molar-refractivity contribution < 1.29 is 9.53 Å². The van der Waals surface area contributed by atoms with Crippen LogP contribution in [0, 0.1) is 6.92 Å². The van der Waals surface area contributed by atoms with Gasteiger partial charge in [-0.25, -0.2) is 4.98 Å². The van der Waals surface area contributed by atoms with Gasteiger partial charge in [0.05, 0.1) is 17.3 Å². The molecule has 1 amide bonds. The van der Waals surface area contributed by atoms with Crippen molar-refractivity contribution in [2.75, 3.05) is 13.2 Å². The number of carbonyl (C=O) groups excluding carboxylic acids is 1. The zero-order valence-corrected chi connectivity index (χ0v) is 15.9. The van der Waals surface area contributed by atoms with E-state index in [-0.39, 0.29) is 11.3 Å². The van der Waals surface area contributed by atoms with E-state index in [1.807, 2.05) is 26.0 Å². The largest absolute Gasteiger partial charge is 0.494 e. The van der Waals surface area contributed by atoms with Gasteiger partial charge in [-0.3, -0.25) is 4.79 Å². The van der Waals surface area contributed by atoms with Crippen LogP contribution in [0.15, 0.2) is 23.6 Å². The van der Waals surface area contributed by atoms with Gasteiger partial charge in [0.25, 0.3) is 5.91 Å². The molecule has 0 saturated carbocycles. The highest BCUT2D eigenvalue weighted by molar-refractivity contribution is 7.09. The Morgan fingerprint density at radius 2 is 2.08 bits per heavy atom. The number of amides is 1. The first-order valence-corrected chi connectivity index (χ1v) is 9.15. The second-order valence-corrected chi connectivity index (χ2v) is 7.74. The molecular formula is C19H26N2O2S. The molecule has 0 bridgehead atoms. The average molecular weight is 346 g/mol. The fourth-order valence-corrected chi connectivity index (χ4v) is 3.29. The van der Waals surface area contributed by atoms with Crippen molar-refractivity contribution in [1.29, 1.82) is 0 Å². The molecule has 0 aliphatic rings. The molecule has 0 fully saturated rings. The zero-order chi connectivity index (χ0) is 17.7. The minimum atomic E-state index is -0.0613. The van der Waals surface area contributed by atoms with Gasteiger partial charge in [0.2, 0.25) is 0 Å². The molecule has 1 aromatic heterocycles. The summed E-state index contributed by atoms with van der Waals surface area (Å²) in [5.74, 6) is 0.764. The van der Waals surface area contributed by atoms with Crippen LogP contribution in [0.2, 0.25) is 0 Å². The molecule has 2 rings (SSSR count). The Labute approximate surface area is 148 Å². The lowest BCUT2D eigenvalue weighted by molar-refractivity contribution is 0.0954. The van der Waals surface area contributed by atoms with Crippen LogP contribution in [0.4, 0.5) is 0 Å². The fraction of sp³-hybridized carbons (Fsp3) is 0.474. The normalized spacial score (nSPS) is 11.4. The summed E-state index contributed by atoms with van der Waals surface area (Å²) < 4.78 is 5.50. The molecule has 5 heteroatoms. The van der Waals surface area contributed by atoms with E-state index >= 15 is 0 Å². The SMILES string of the molecule is CCOc1ccc(C(=O)NCCc2nc(C(C)(C)C)cs2)cc1C. The number of hydrogen-bond acceptors (Lipinski definition) is 4. The quantitative estimate of drug-likeness (QED) is 0.856. The molecule has 0 saturated heterocycles. The lowest BCUT2D eigenvalue weighted by atomic mass is 9.93. The van der Waals surface area contributed by atoms with Crippen molar-refractivity contribution in [2.24, 2.45) is 0 Å². The van der Waals surface area contributed by atoms with Gasteiger partial charge in [0, 0.05) is 29.3 Å². The molecule has 0 aliphatic carbocycles. The predicted octanol–water partition coefficient (Wildman–Crippen LogP) is 4.12. The van der Waals surface area contributed by atoms with Crippen LogP contribution in [0.5, 0.6) is 5.75 Å². The van der Waals surface area contributed by atoms with Gasteiger partial charge < -0.3 is 10.1 Å². The van der Waals surface area contributed by atoms with Crippen molar-refractivity contribution in [3.05, 3.63) is 45.4 Å². The van der Waals surface area contributed by atoms with Crippen LogP contribution in [0.25, 0.3) is 0 Å². The molecule has 0 spiro atoms. The van der Waals surface area contributed by atoms with Gasteiger partial charge in [-0.2, -0.15) is 0 Å². The summed E-state index contributed by atoms with van der Waals surface area (Å²) in [6.45, 7) is 11.6. The van der Waals surface area contributed by atoms with Crippen LogP contribution in [0.3, 0.4) is 0 Å². The first-order chi connectivity index (χ1) is 11.3. The third kappa shape index (κ3) is 4.81. The highest BCUT2D eigenvalue weighted by Crippen LogP contribution is 2.24. The average Bonchev–Trinajstić information content (AvgIpc) is 2.98. The van der Waals surface area contributed by atoms with Crippen molar-refractivity contribution in [2.45, 2.75) is 46.5 Å². The number of rotatable bonds is 6. The van der Waals surface area contributed by atoms with Crippen molar-refractivity contribution in [3.8, 4) is 5.75 Å². The molecule has 0 atom stereocenters. The number of nitrogens with zero attached hydrogens (tertiary/aromatic N) is 1. The lowest BCUT2D eigenvalue weighted by Crippen LogP contribution is -2.25. The van der Waals surface area contributed by atoms with Crippen LogP contribution in [0.1, 0.15) is 54.3 Å². The predicted molar refractivity (Wildman–Crippen MR) is 99.2 cm³/mol. The number of aryl methyl sites for hydroxylation is 1. The maximum absolute atomic E-state index is 12.3. The number of thiazole rings is 1. The molecule has 0 unspecified atom stereocenters. The summed E-state index contributed by atoms with van der Waals surface area (Å²) in [6.07, 6.45) is 0.752. The summed E-state index contributed by atoms with van der Waals surface area (Å²) in [7, 11) is 0. The van der Waals surface area contributed by atoms with E-state index in [1.165, 1.54) is 0 Å². The minimum Gasteiger partial charge on any atom is -0.494 e. The third-order valence-electron chi connectivity index (χ3n) is 3.68. The summed E-state index contributed by atoms with van der Waals surface area (Å²) in [5, 5.41) is 6.12. The number of hydrogen-bond donors (Lipinski definition) is 1. The smallest absolute Gasteiger partial charge is 0.251 e. The highest BCUT2D eigenvalue weighted by Gasteiger charge is 2.17. The summed E-state index contributed by atoms with van der Waals surface area (Å²) >= 11 is 1.65. The zero-order valence-electron chi connectivity index (χ0n) is 15.1. The Morgan fingerprint density at radius 1 is 1.33 bits per heavy atom. The Balaban J connectivity index is 1.89. The maximum atomic E-state index is 12.3. The van der Waals surface area contributed by atoms with Crippen molar-refractivity contribution >= 4 is 17.2 Å². The fourth-order valence-electron chi connectivity index (χ4n) is 2.26. The minimum absolute atomic E-state index is 0.0613. The molecule has 1 aromatic carbocycles. The second kappa shape index (κ2) is 7.79. The second-order valence-electron chi connectivity index (χ2n) is 6.80. The van der Waals surface area contributed by atoms with Crippen molar-refractivity contribution in [3.63, 3.8) is 0 Å². The van der Waals surface area contributed by atoms with E-state index in [0.29, 0.717) is 18.7 Å². The van der Waals surface area contributed by atoms with Gasteiger partial charge in [0.1, 0.15) is 5.75 Å². The number of ether oxygens (including phenoxy) is 1. The van der Waals surface area contributed by atoms with E-state index in [0.717, 1.165) is 28.4 Å². The molecule has 130 valence electrons. The Kier molecular flexibility index (Phi) is 5.99. The number of carbonyl (C=O) groups is 1. The molecule has 0 radical (unpaired) electrons. The van der Waals surface area contributed by atoms with Crippen LogP contribution < -0.4 is 10.1 Å². The topological polar surface area (TPSA) is 51.2 Å². The van der Waals surface area contributed by atoms with Gasteiger partial charge in [-0.1, -0.05) is 20.8 Å². The Morgan fingerprint density at radius 3 is 2.67 bits per heavy atom. The van der Waals surface area contributed by atoms with Gasteiger partial charge in [0.15, 0.2) is 0 Å². The van der Waals surface area contributed by atoms with Crippen LogP contribution in [-0.4, -0.2) is 24.0 Å². The van der Waals surface area contributed by atoms with Gasteiger partial charge in [-0.15, -0.1) is 11.3 Å². The van der Waals surface area contributed by atoms with Crippen molar-refractivity contribution in [1.82, 2.24) is 10.3 Å². The van der Waals surface area contributed by atoms with Crippen LogP contribution in [-0.2, 0) is 11.8 Å². The summed E-state index contributed by atoms with van der Waals surface area (Å²) in [4.78, 5) is 16.9. The third-order valence-corrected chi connectivity index (χ3v) is 4.59. The van der Waals surface area contributed by atoms with Crippen LogP contribution >= 0.6 is 11.3 Å². The van der Waals surface area contributed by atoms with E-state index < -0.39 is 0 Å². The molecular weight excluding hydrogens is 320 g/mol. The molecule has 2 aromatic rings. The molecule has 1 heterocycles. The number of nitrogens with one attached hydrogen (secondary N) is 1. The highest BCUT2D eigenvalue weighted by atomic mass is 32.1. The molecule has 24 heavy (non-hydrogen) atoms. The van der Waals surface area contributed by atoms with E-state index in [2.05, 4.69) is 36.5 Å². The molecule has 1 N–H and O–H groups in total. The molecule has 0 aliphatic heterocycles.